The SMILES string of the molecule is CCOC(=O)[C@@H](Sc1nnc(-c2ccc(OC)cc2)n1C(C)C)c1ccccc1. The van der Waals surface area contributed by atoms with Gasteiger partial charge in [0.1, 0.15) is 11.0 Å². The highest BCUT2D eigenvalue weighted by atomic mass is 32.2. The van der Waals surface area contributed by atoms with Crippen LogP contribution in [-0.4, -0.2) is 34.5 Å². The Kier molecular flexibility index (Phi) is 6.93. The van der Waals surface area contributed by atoms with E-state index in [0.29, 0.717) is 11.8 Å². The van der Waals surface area contributed by atoms with Gasteiger partial charge in [0.25, 0.3) is 0 Å². The molecule has 0 saturated heterocycles. The Morgan fingerprint density at radius 2 is 1.76 bits per heavy atom. The van der Waals surface area contributed by atoms with Gasteiger partial charge in [-0.1, -0.05) is 42.1 Å². The lowest BCUT2D eigenvalue weighted by atomic mass is 10.1. The first kappa shape index (κ1) is 20.9. The van der Waals surface area contributed by atoms with Crippen LogP contribution < -0.4 is 4.74 Å². The zero-order valence-electron chi connectivity index (χ0n) is 17.0. The van der Waals surface area contributed by atoms with Crippen LogP contribution in [0.2, 0.25) is 0 Å². The summed E-state index contributed by atoms with van der Waals surface area (Å²) in [5.41, 5.74) is 1.81. The molecule has 0 fully saturated rings. The summed E-state index contributed by atoms with van der Waals surface area (Å²) in [6.45, 7) is 6.28. The van der Waals surface area contributed by atoms with Gasteiger partial charge in [-0.2, -0.15) is 0 Å². The molecule has 1 heterocycles. The summed E-state index contributed by atoms with van der Waals surface area (Å²) in [6, 6.07) is 17.4. The fourth-order valence-corrected chi connectivity index (χ4v) is 4.13. The summed E-state index contributed by atoms with van der Waals surface area (Å²) < 4.78 is 12.6. The molecule has 0 saturated carbocycles. The number of esters is 1. The normalized spacial score (nSPS) is 12.0. The van der Waals surface area contributed by atoms with E-state index in [1.165, 1.54) is 11.8 Å². The summed E-state index contributed by atoms with van der Waals surface area (Å²) in [5.74, 6) is 1.25. The van der Waals surface area contributed by atoms with Crippen molar-refractivity contribution in [1.29, 1.82) is 0 Å². The molecule has 0 bridgehead atoms. The Hall–Kier alpha value is -2.80. The van der Waals surface area contributed by atoms with E-state index >= 15 is 0 Å². The number of rotatable bonds is 8. The van der Waals surface area contributed by atoms with Crippen molar-refractivity contribution in [3.8, 4) is 17.1 Å². The molecule has 152 valence electrons. The van der Waals surface area contributed by atoms with Crippen molar-refractivity contribution >= 4 is 17.7 Å². The lowest BCUT2D eigenvalue weighted by molar-refractivity contribution is -0.142. The maximum atomic E-state index is 12.7. The zero-order chi connectivity index (χ0) is 20.8. The van der Waals surface area contributed by atoms with E-state index in [2.05, 4.69) is 24.0 Å². The molecule has 0 aliphatic rings. The number of aromatic nitrogens is 3. The zero-order valence-corrected chi connectivity index (χ0v) is 17.8. The lowest BCUT2D eigenvalue weighted by Crippen LogP contribution is -2.15. The molecule has 29 heavy (non-hydrogen) atoms. The second-order valence-corrected chi connectivity index (χ2v) is 7.73. The van der Waals surface area contributed by atoms with Crippen molar-refractivity contribution in [3.63, 3.8) is 0 Å². The average Bonchev–Trinajstić information content (AvgIpc) is 3.17. The summed E-state index contributed by atoms with van der Waals surface area (Å²) in [7, 11) is 1.64. The first-order valence-corrected chi connectivity index (χ1v) is 10.4. The molecule has 2 aromatic carbocycles. The number of benzene rings is 2. The molecule has 0 aliphatic heterocycles. The van der Waals surface area contributed by atoms with Gasteiger partial charge in [-0.3, -0.25) is 9.36 Å². The topological polar surface area (TPSA) is 66.2 Å². The molecule has 1 aromatic heterocycles. The van der Waals surface area contributed by atoms with Crippen molar-refractivity contribution in [1.82, 2.24) is 14.8 Å². The minimum absolute atomic E-state index is 0.114. The highest BCUT2D eigenvalue weighted by molar-refractivity contribution is 8.00. The van der Waals surface area contributed by atoms with Crippen LogP contribution in [0.3, 0.4) is 0 Å². The van der Waals surface area contributed by atoms with Gasteiger partial charge >= 0.3 is 5.97 Å². The molecular weight excluding hydrogens is 386 g/mol. The van der Waals surface area contributed by atoms with Crippen molar-refractivity contribution in [2.75, 3.05) is 13.7 Å². The number of methoxy groups -OCH3 is 1. The van der Waals surface area contributed by atoms with E-state index in [9.17, 15) is 4.79 Å². The minimum Gasteiger partial charge on any atom is -0.497 e. The highest BCUT2D eigenvalue weighted by Gasteiger charge is 2.27. The van der Waals surface area contributed by atoms with Crippen molar-refractivity contribution in [2.24, 2.45) is 0 Å². The van der Waals surface area contributed by atoms with E-state index < -0.39 is 5.25 Å². The van der Waals surface area contributed by atoms with E-state index in [1.54, 1.807) is 7.11 Å². The summed E-state index contributed by atoms with van der Waals surface area (Å²) >= 11 is 1.36. The van der Waals surface area contributed by atoms with E-state index in [0.717, 1.165) is 22.7 Å². The maximum Gasteiger partial charge on any atom is 0.324 e. The minimum atomic E-state index is -0.512. The number of carbonyl (C=O) groups is 1. The fraction of sp³-hybridized carbons (Fsp3) is 0.318. The first-order valence-electron chi connectivity index (χ1n) is 9.52. The molecule has 0 aliphatic carbocycles. The van der Waals surface area contributed by atoms with Crippen LogP contribution in [-0.2, 0) is 9.53 Å². The third kappa shape index (κ3) is 4.79. The van der Waals surface area contributed by atoms with Gasteiger partial charge in [0.15, 0.2) is 11.0 Å². The third-order valence-corrected chi connectivity index (χ3v) is 5.54. The Labute approximate surface area is 175 Å². The number of nitrogens with zero attached hydrogens (tertiary/aromatic N) is 3. The van der Waals surface area contributed by atoms with Crippen molar-refractivity contribution in [3.05, 3.63) is 60.2 Å². The fourth-order valence-electron chi connectivity index (χ4n) is 2.96. The van der Waals surface area contributed by atoms with Crippen LogP contribution in [0.1, 0.15) is 37.6 Å². The molecule has 3 aromatic rings. The van der Waals surface area contributed by atoms with Crippen LogP contribution in [0.15, 0.2) is 59.8 Å². The van der Waals surface area contributed by atoms with Crippen LogP contribution in [0.25, 0.3) is 11.4 Å². The Balaban J connectivity index is 1.98. The summed E-state index contributed by atoms with van der Waals surface area (Å²) in [5, 5.41) is 8.98. The summed E-state index contributed by atoms with van der Waals surface area (Å²) in [6.07, 6.45) is 0. The molecule has 3 rings (SSSR count). The smallest absolute Gasteiger partial charge is 0.324 e. The molecule has 1 atom stereocenters. The second-order valence-electron chi connectivity index (χ2n) is 6.66. The molecule has 0 N–H and O–H groups in total. The predicted molar refractivity (Wildman–Crippen MR) is 114 cm³/mol. The monoisotopic (exact) mass is 411 g/mol. The maximum absolute atomic E-state index is 12.7. The Morgan fingerprint density at radius 1 is 1.07 bits per heavy atom. The predicted octanol–water partition coefficient (Wildman–Crippen LogP) is 4.93. The van der Waals surface area contributed by atoms with Gasteiger partial charge in [-0.05, 0) is 50.6 Å². The highest BCUT2D eigenvalue weighted by Crippen LogP contribution is 2.38. The number of ether oxygens (including phenoxy) is 2. The Bertz CT molecular complexity index is 940. The van der Waals surface area contributed by atoms with Gasteiger partial charge < -0.3 is 9.47 Å². The van der Waals surface area contributed by atoms with Crippen molar-refractivity contribution < 1.29 is 14.3 Å². The van der Waals surface area contributed by atoms with Gasteiger partial charge in [-0.25, -0.2) is 0 Å². The van der Waals surface area contributed by atoms with Crippen molar-refractivity contribution in [2.45, 2.75) is 37.2 Å². The molecule has 0 amide bonds. The van der Waals surface area contributed by atoms with E-state index in [1.807, 2.05) is 66.1 Å². The van der Waals surface area contributed by atoms with E-state index in [-0.39, 0.29) is 12.0 Å². The van der Waals surface area contributed by atoms with Crippen LogP contribution >= 0.6 is 11.8 Å². The molecule has 0 spiro atoms. The van der Waals surface area contributed by atoms with Gasteiger partial charge in [0, 0.05) is 11.6 Å². The van der Waals surface area contributed by atoms with Gasteiger partial charge in [-0.15, -0.1) is 10.2 Å². The summed E-state index contributed by atoms with van der Waals surface area (Å²) in [4.78, 5) is 12.7. The van der Waals surface area contributed by atoms with Crippen LogP contribution in [0, 0.1) is 0 Å². The largest absolute Gasteiger partial charge is 0.497 e. The number of carbonyl (C=O) groups excluding carboxylic acids is 1. The standard InChI is InChI=1S/C22H25N3O3S/c1-5-28-21(26)19(16-9-7-6-8-10-16)29-22-24-23-20(25(22)15(2)3)17-11-13-18(27-4)14-12-17/h6-15,19H,5H2,1-4H3/t19-/m0/s1. The third-order valence-electron chi connectivity index (χ3n) is 4.36. The molecule has 0 unspecified atom stereocenters. The Morgan fingerprint density at radius 3 is 2.34 bits per heavy atom. The first-order chi connectivity index (χ1) is 14.0. The lowest BCUT2D eigenvalue weighted by Gasteiger charge is -2.18. The second kappa shape index (κ2) is 9.60. The molecule has 0 radical (unpaired) electrons. The quantitative estimate of drug-likeness (QED) is 0.387. The molecule has 7 heteroatoms. The van der Waals surface area contributed by atoms with Gasteiger partial charge in [0.05, 0.1) is 13.7 Å². The number of hydrogen-bond donors (Lipinski definition) is 0. The van der Waals surface area contributed by atoms with Crippen LogP contribution in [0.4, 0.5) is 0 Å². The number of hydrogen-bond acceptors (Lipinski definition) is 6. The average molecular weight is 412 g/mol. The van der Waals surface area contributed by atoms with Crippen LogP contribution in [0.5, 0.6) is 5.75 Å². The molecular formula is C22H25N3O3S. The number of thioether (sulfide) groups is 1. The molecule has 6 nitrogen and oxygen atoms in total. The van der Waals surface area contributed by atoms with E-state index in [4.69, 9.17) is 9.47 Å². The van der Waals surface area contributed by atoms with Gasteiger partial charge in [0.2, 0.25) is 0 Å².